The molecule has 1 saturated heterocycles. The Balaban J connectivity index is 2.60. The highest BCUT2D eigenvalue weighted by Gasteiger charge is 2.72. The third-order valence-corrected chi connectivity index (χ3v) is 7.54. The smallest absolute Gasteiger partial charge is 0.434 e. The Morgan fingerprint density at radius 3 is 2.41 bits per heavy atom. The van der Waals surface area contributed by atoms with Gasteiger partial charge >= 0.3 is 18.0 Å². The number of hydrogen-bond acceptors (Lipinski definition) is 5. The maximum absolute atomic E-state index is 15.7. The number of halogens is 7. The summed E-state index contributed by atoms with van der Waals surface area (Å²) in [7, 11) is 0. The van der Waals surface area contributed by atoms with E-state index in [1.807, 2.05) is 0 Å². The second-order valence-corrected chi connectivity index (χ2v) is 10.6. The zero-order valence-corrected chi connectivity index (χ0v) is 21.9. The average molecular weight is 591 g/mol. The number of carboxylic acids is 1. The van der Waals surface area contributed by atoms with Crippen LogP contribution in [0.3, 0.4) is 0 Å². The number of carbonyl (C=O) groups is 2. The third-order valence-electron chi connectivity index (χ3n) is 7.01. The van der Waals surface area contributed by atoms with Crippen molar-refractivity contribution in [1.29, 1.82) is 5.26 Å². The van der Waals surface area contributed by atoms with E-state index in [0.29, 0.717) is 0 Å². The van der Waals surface area contributed by atoms with Crippen molar-refractivity contribution < 1.29 is 41.7 Å². The fraction of sp³-hybridized carbons (Fsp3) is 0.346. The highest BCUT2D eigenvalue weighted by Crippen LogP contribution is 2.59. The molecular formula is C26H21Cl2F5N2O4. The number of nitriles is 1. The minimum atomic E-state index is -5.02. The van der Waals surface area contributed by atoms with E-state index in [2.05, 4.69) is 11.5 Å². The summed E-state index contributed by atoms with van der Waals surface area (Å²) in [5, 5.41) is 20.2. The lowest BCUT2D eigenvalue weighted by Gasteiger charge is -2.40. The molecular weight excluding hydrogens is 570 g/mol. The summed E-state index contributed by atoms with van der Waals surface area (Å²) in [6.45, 7) is 6.61. The van der Waals surface area contributed by atoms with Gasteiger partial charge < -0.3 is 5.11 Å². The van der Waals surface area contributed by atoms with Crippen molar-refractivity contribution in [3.05, 3.63) is 81.9 Å². The molecule has 0 spiro atoms. The Labute approximate surface area is 230 Å². The number of aliphatic carboxylic acids is 1. The molecule has 2 aromatic rings. The zero-order valence-electron chi connectivity index (χ0n) is 20.4. The first kappa shape index (κ1) is 30.3. The van der Waals surface area contributed by atoms with Crippen molar-refractivity contribution in [3.8, 4) is 6.07 Å². The van der Waals surface area contributed by atoms with E-state index in [-0.39, 0.29) is 9.92 Å². The van der Waals surface area contributed by atoms with Gasteiger partial charge in [-0.1, -0.05) is 61.3 Å². The number of rotatable bonds is 8. The Morgan fingerprint density at radius 1 is 1.26 bits per heavy atom. The highest BCUT2D eigenvalue weighted by molar-refractivity contribution is 6.31. The number of allylic oxidation sites excluding steroid dienone is 1. The van der Waals surface area contributed by atoms with E-state index in [0.717, 1.165) is 30.3 Å². The number of benzene rings is 2. The molecule has 0 aromatic heterocycles. The summed E-state index contributed by atoms with van der Waals surface area (Å²) in [5.74, 6) is -9.40. The lowest BCUT2D eigenvalue weighted by Crippen LogP contribution is -2.58. The fourth-order valence-electron chi connectivity index (χ4n) is 5.21. The van der Waals surface area contributed by atoms with E-state index < -0.39 is 81.0 Å². The number of hydrogen-bond donors (Lipinski definition) is 1. The normalized spacial score (nSPS) is 23.7. The maximum Gasteiger partial charge on any atom is 0.434 e. The molecule has 0 radical (unpaired) electrons. The minimum Gasteiger partial charge on any atom is -0.480 e. The molecule has 3 rings (SSSR count). The summed E-state index contributed by atoms with van der Waals surface area (Å²) in [6, 6.07) is -1.74. The number of likely N-dealkylation sites (tertiary alicyclic amines) is 1. The van der Waals surface area contributed by atoms with Crippen LogP contribution >= 0.6 is 23.2 Å². The van der Waals surface area contributed by atoms with Crippen LogP contribution in [0, 0.1) is 28.4 Å². The second-order valence-electron chi connectivity index (χ2n) is 9.73. The average Bonchev–Trinajstić information content (AvgIpc) is 3.15. The van der Waals surface area contributed by atoms with Crippen molar-refractivity contribution in [2.75, 3.05) is 0 Å². The summed E-state index contributed by atoms with van der Waals surface area (Å²) < 4.78 is 75.3. The first-order chi connectivity index (χ1) is 18.1. The van der Waals surface area contributed by atoms with E-state index in [1.165, 1.54) is 26.0 Å². The molecule has 0 bridgehead atoms. The minimum absolute atomic E-state index is 0.145. The Kier molecular flexibility index (Phi) is 8.37. The van der Waals surface area contributed by atoms with E-state index in [9.17, 15) is 24.5 Å². The van der Waals surface area contributed by atoms with Crippen LogP contribution in [0.1, 0.15) is 37.3 Å². The van der Waals surface area contributed by atoms with Gasteiger partial charge in [-0.05, 0) is 35.6 Å². The van der Waals surface area contributed by atoms with Gasteiger partial charge in [-0.3, -0.25) is 4.79 Å². The quantitative estimate of drug-likeness (QED) is 0.212. The number of alkyl halides is 2. The molecule has 39 heavy (non-hydrogen) atoms. The first-order valence-corrected chi connectivity index (χ1v) is 12.0. The van der Waals surface area contributed by atoms with Gasteiger partial charge in [0.1, 0.15) is 23.1 Å². The summed E-state index contributed by atoms with van der Waals surface area (Å²) in [4.78, 5) is 27.2. The number of nitrogens with zero attached hydrogens (tertiary/aromatic N) is 2. The van der Waals surface area contributed by atoms with Crippen molar-refractivity contribution in [2.45, 2.75) is 49.7 Å². The van der Waals surface area contributed by atoms with Crippen molar-refractivity contribution in [2.24, 2.45) is 5.41 Å². The topological polar surface area (TPSA) is 90.6 Å². The Morgan fingerprint density at radius 2 is 1.90 bits per heavy atom. The maximum atomic E-state index is 15.7. The molecule has 1 heterocycles. The van der Waals surface area contributed by atoms with Gasteiger partial charge in [0.25, 0.3) is 0 Å². The van der Waals surface area contributed by atoms with E-state index in [4.69, 9.17) is 23.2 Å². The number of carbonyl (C=O) groups excluding carboxylic acids is 1. The Hall–Kier alpha value is -3.20. The Bertz CT molecular complexity index is 1370. The van der Waals surface area contributed by atoms with Crippen LogP contribution in [0.5, 0.6) is 0 Å². The molecule has 0 amide bonds. The first-order valence-electron chi connectivity index (χ1n) is 11.3. The van der Waals surface area contributed by atoms with Crippen LogP contribution < -0.4 is 0 Å². The molecule has 0 unspecified atom stereocenters. The molecule has 208 valence electrons. The predicted molar refractivity (Wildman–Crippen MR) is 131 cm³/mol. The van der Waals surface area contributed by atoms with E-state index >= 15 is 17.6 Å². The molecule has 1 aliphatic rings. The van der Waals surface area contributed by atoms with E-state index in [1.54, 1.807) is 6.07 Å². The van der Waals surface area contributed by atoms with Gasteiger partial charge in [-0.15, -0.1) is 6.58 Å². The van der Waals surface area contributed by atoms with Crippen LogP contribution in [-0.4, -0.2) is 40.1 Å². The monoisotopic (exact) mass is 590 g/mol. The fourth-order valence-corrected chi connectivity index (χ4v) is 5.55. The largest absolute Gasteiger partial charge is 0.480 e. The van der Waals surface area contributed by atoms with Gasteiger partial charge in [-0.2, -0.15) is 14.0 Å². The molecule has 2 aromatic carbocycles. The van der Waals surface area contributed by atoms with Gasteiger partial charge in [0.2, 0.25) is 0 Å². The molecule has 1 fully saturated rings. The van der Waals surface area contributed by atoms with Crippen molar-refractivity contribution >= 4 is 35.1 Å². The zero-order chi connectivity index (χ0) is 29.5. The molecule has 13 heteroatoms. The van der Waals surface area contributed by atoms with Crippen LogP contribution in [0.4, 0.5) is 22.1 Å². The van der Waals surface area contributed by atoms with Crippen LogP contribution in [0.2, 0.25) is 10.0 Å². The SMILES string of the molecule is C=CC(C)(C)C[C@@H]1N(C(F)(F)C(=O)OF)[C@@H](C(=O)O)[C@H](c2cccc(Cl)c2F)[C@@]1(C#N)c1ccc(Cl)cc1F. The molecule has 0 aliphatic carbocycles. The van der Waals surface area contributed by atoms with Gasteiger partial charge in [0.15, 0.2) is 0 Å². The van der Waals surface area contributed by atoms with Crippen LogP contribution in [0.15, 0.2) is 49.1 Å². The van der Waals surface area contributed by atoms with Gasteiger partial charge in [0, 0.05) is 27.1 Å². The molecule has 1 aliphatic heterocycles. The van der Waals surface area contributed by atoms with Crippen molar-refractivity contribution in [3.63, 3.8) is 0 Å². The highest BCUT2D eigenvalue weighted by atomic mass is 35.5. The lowest BCUT2D eigenvalue weighted by molar-refractivity contribution is -0.245. The summed E-state index contributed by atoms with van der Waals surface area (Å²) in [6.07, 6.45) is 0.754. The summed E-state index contributed by atoms with van der Waals surface area (Å²) in [5.41, 5.74) is -5.03. The summed E-state index contributed by atoms with van der Waals surface area (Å²) >= 11 is 11.8. The predicted octanol–water partition coefficient (Wildman–Crippen LogP) is 6.58. The molecule has 0 saturated carbocycles. The number of carboxylic acid groups (broad SMARTS) is 1. The van der Waals surface area contributed by atoms with Crippen LogP contribution in [-0.2, 0) is 19.9 Å². The van der Waals surface area contributed by atoms with Crippen LogP contribution in [0.25, 0.3) is 0 Å². The second kappa shape index (κ2) is 10.8. The molecule has 4 atom stereocenters. The third kappa shape index (κ3) is 4.97. The van der Waals surface area contributed by atoms with Crippen molar-refractivity contribution in [1.82, 2.24) is 4.90 Å². The molecule has 1 N–H and O–H groups in total. The standard InChI is InChI=1S/C26H21Cl2F5N2O4/c1-4-24(2,3)11-18-25(12-34,15-9-8-13(27)10-17(15)29)19(14-6-5-7-16(28)20(14)30)21(22(36)37)35(18)26(31,32)23(38)39-33/h4-10,18-19,21H,1,11H2,2-3H3,(H,36,37)/t18-,19-,21+,25-/m0/s1. The lowest BCUT2D eigenvalue weighted by atomic mass is 9.62. The van der Waals surface area contributed by atoms with Gasteiger partial charge in [-0.25, -0.2) is 23.4 Å². The molecule has 6 nitrogen and oxygen atoms in total. The van der Waals surface area contributed by atoms with Gasteiger partial charge in [0.05, 0.1) is 11.1 Å².